The molecule has 0 spiro atoms. The standard InChI is InChI=1S/C66H84N2O8/c1-63(2,3)53-35-45-31-49-39-55(65(7,8)9)41-51(61(49)75-43-57-17-13-15-19-67-57)33-47-37-54(64(4,5)6)38-48-34-52-42-56(66(10,11)12)40-50(62(52)76-44-58-18-14-16-20-68-58)32-46(36-53)59(45)73-29-27-71-25-23-69-21-22-70-24-26-72-28-30-74-60(47)48/h13-20,35-42H,21-34,43-44H2,1-12H3. The van der Waals surface area contributed by atoms with Crippen LogP contribution in [0.2, 0.25) is 0 Å². The molecule has 0 saturated carbocycles. The summed E-state index contributed by atoms with van der Waals surface area (Å²) in [6.07, 6.45) is 5.83. The van der Waals surface area contributed by atoms with Crippen LogP contribution in [0.3, 0.4) is 0 Å². The predicted molar refractivity (Wildman–Crippen MR) is 303 cm³/mol. The molecule has 2 aromatic heterocycles. The molecule has 8 rings (SSSR count). The van der Waals surface area contributed by atoms with E-state index in [1.54, 1.807) is 0 Å². The van der Waals surface area contributed by atoms with Gasteiger partial charge in [0.1, 0.15) is 49.4 Å². The summed E-state index contributed by atoms with van der Waals surface area (Å²) in [5.74, 6) is 3.38. The van der Waals surface area contributed by atoms with Crippen LogP contribution in [0.5, 0.6) is 23.0 Å². The highest BCUT2D eigenvalue weighted by Gasteiger charge is 2.30. The largest absolute Gasteiger partial charge is 0.491 e. The number of nitrogens with zero attached hydrogens (tertiary/aromatic N) is 2. The van der Waals surface area contributed by atoms with Crippen LogP contribution in [-0.4, -0.2) is 76.0 Å². The van der Waals surface area contributed by atoms with Crippen LogP contribution in [-0.2, 0) is 79.5 Å². The maximum atomic E-state index is 7.19. The summed E-state index contributed by atoms with van der Waals surface area (Å²) in [4.78, 5) is 9.44. The van der Waals surface area contributed by atoms with Gasteiger partial charge in [-0.3, -0.25) is 9.97 Å². The molecule has 0 amide bonds. The summed E-state index contributed by atoms with van der Waals surface area (Å²) in [5.41, 5.74) is 14.4. The summed E-state index contributed by atoms with van der Waals surface area (Å²) >= 11 is 0. The summed E-state index contributed by atoms with van der Waals surface area (Å²) in [7, 11) is 0. The summed E-state index contributed by atoms with van der Waals surface area (Å²) in [5, 5.41) is 0. The maximum Gasteiger partial charge on any atom is 0.130 e. The third-order valence-electron chi connectivity index (χ3n) is 14.2. The van der Waals surface area contributed by atoms with Gasteiger partial charge in [-0.2, -0.15) is 0 Å². The van der Waals surface area contributed by atoms with Crippen molar-refractivity contribution in [3.63, 3.8) is 0 Å². The molecule has 0 radical (unpaired) electrons. The molecule has 1 aliphatic heterocycles. The van der Waals surface area contributed by atoms with Crippen molar-refractivity contribution in [2.45, 2.75) is 144 Å². The Balaban J connectivity index is 1.46. The van der Waals surface area contributed by atoms with Crippen molar-refractivity contribution in [2.75, 3.05) is 66.1 Å². The number of aromatic nitrogens is 2. The van der Waals surface area contributed by atoms with Gasteiger partial charge >= 0.3 is 0 Å². The molecule has 0 N–H and O–H groups in total. The van der Waals surface area contributed by atoms with E-state index in [9.17, 15) is 0 Å². The third-order valence-corrected chi connectivity index (χ3v) is 14.2. The highest BCUT2D eigenvalue weighted by atomic mass is 16.6. The van der Waals surface area contributed by atoms with Crippen LogP contribution in [0.4, 0.5) is 0 Å². The lowest BCUT2D eigenvalue weighted by Gasteiger charge is -2.29. The van der Waals surface area contributed by atoms with Crippen LogP contribution in [0.15, 0.2) is 97.3 Å². The average molecular weight is 1030 g/mol. The lowest BCUT2D eigenvalue weighted by Crippen LogP contribution is -2.18. The smallest absolute Gasteiger partial charge is 0.130 e. The van der Waals surface area contributed by atoms with E-state index in [2.05, 4.69) is 132 Å². The molecule has 1 aliphatic carbocycles. The third kappa shape index (κ3) is 15.0. The van der Waals surface area contributed by atoms with Crippen LogP contribution >= 0.6 is 0 Å². The zero-order valence-electron chi connectivity index (χ0n) is 47.7. The minimum Gasteiger partial charge on any atom is -0.491 e. The monoisotopic (exact) mass is 1030 g/mol. The highest BCUT2D eigenvalue weighted by molar-refractivity contribution is 5.60. The zero-order valence-corrected chi connectivity index (χ0v) is 47.7. The van der Waals surface area contributed by atoms with Crippen LogP contribution in [0.1, 0.15) is 161 Å². The molecule has 10 nitrogen and oxygen atoms in total. The van der Waals surface area contributed by atoms with E-state index in [0.717, 1.165) is 78.9 Å². The fraction of sp³-hybridized carbons (Fsp3) is 0.485. The number of rotatable bonds is 6. The molecule has 10 heteroatoms. The van der Waals surface area contributed by atoms with Gasteiger partial charge in [0.2, 0.25) is 0 Å². The molecule has 406 valence electrons. The summed E-state index contributed by atoms with van der Waals surface area (Å²) in [6.45, 7) is 32.3. The quantitative estimate of drug-likeness (QED) is 0.160. The molecule has 0 fully saturated rings. The number of pyridine rings is 2. The Morgan fingerprint density at radius 1 is 0.355 bits per heavy atom. The minimum atomic E-state index is -0.196. The maximum absolute atomic E-state index is 7.19. The topological polar surface area (TPSA) is 99.6 Å². The average Bonchev–Trinajstić information content (AvgIpc) is 3.35. The summed E-state index contributed by atoms with van der Waals surface area (Å²) < 4.78 is 52.8. The number of benzene rings is 4. The zero-order chi connectivity index (χ0) is 54.1. The van der Waals surface area contributed by atoms with E-state index in [0.29, 0.717) is 105 Å². The van der Waals surface area contributed by atoms with E-state index in [4.69, 9.17) is 47.9 Å². The fourth-order valence-electron chi connectivity index (χ4n) is 9.79. The lowest BCUT2D eigenvalue weighted by molar-refractivity contribution is -0.00706. The van der Waals surface area contributed by atoms with E-state index in [1.807, 2.05) is 48.8 Å². The van der Waals surface area contributed by atoms with Crippen molar-refractivity contribution in [2.24, 2.45) is 0 Å². The van der Waals surface area contributed by atoms with Gasteiger partial charge in [-0.05, 0) is 113 Å². The Hall–Kier alpha value is -5.78. The van der Waals surface area contributed by atoms with Gasteiger partial charge in [0.05, 0.1) is 64.2 Å². The van der Waals surface area contributed by atoms with Crippen molar-refractivity contribution in [1.82, 2.24) is 9.97 Å². The molecule has 0 saturated heterocycles. The highest BCUT2D eigenvalue weighted by Crippen LogP contribution is 2.45. The number of hydrogen-bond donors (Lipinski definition) is 0. The first-order chi connectivity index (χ1) is 36.2. The van der Waals surface area contributed by atoms with Crippen molar-refractivity contribution >= 4 is 0 Å². The number of fused-ring (bicyclic) bond motifs is 2. The van der Waals surface area contributed by atoms with Crippen LogP contribution in [0, 0.1) is 0 Å². The van der Waals surface area contributed by atoms with Gasteiger partial charge in [-0.15, -0.1) is 0 Å². The molecule has 6 aromatic rings. The molecular weight excluding hydrogens is 949 g/mol. The Morgan fingerprint density at radius 2 is 0.618 bits per heavy atom. The van der Waals surface area contributed by atoms with Gasteiger partial charge < -0.3 is 37.9 Å². The normalized spacial score (nSPS) is 15.8. The number of hydrogen-bond acceptors (Lipinski definition) is 10. The van der Waals surface area contributed by atoms with E-state index in [1.165, 1.54) is 22.3 Å². The molecule has 2 aliphatic rings. The molecule has 76 heavy (non-hydrogen) atoms. The molecule has 0 unspecified atom stereocenters. The van der Waals surface area contributed by atoms with Gasteiger partial charge in [0.15, 0.2) is 0 Å². The Morgan fingerprint density at radius 3 is 0.868 bits per heavy atom. The van der Waals surface area contributed by atoms with Gasteiger partial charge in [-0.25, -0.2) is 0 Å². The Bertz CT molecular complexity index is 2580. The first kappa shape index (κ1) is 56.4. The second-order valence-electron chi connectivity index (χ2n) is 24.6. The SMILES string of the molecule is CC(C)(C)c1cc2c3c(c1)Cc1cc(C(C)(C)C)cc(c1OCc1ccccn1)Cc1cc(C(C)(C)C)cc(c1OCCOCCOCCOCCOCCO3)Cc1cc(C(C)(C)C)cc(c1OCc1ccccn1)C2. The lowest BCUT2D eigenvalue weighted by atomic mass is 9.79. The Labute approximate surface area is 454 Å². The molecular formula is C66H84N2O8. The first-order valence-electron chi connectivity index (χ1n) is 27.5. The first-order valence-corrected chi connectivity index (χ1v) is 27.5. The predicted octanol–water partition coefficient (Wildman–Crippen LogP) is 13.3. The molecule has 4 aromatic carbocycles. The van der Waals surface area contributed by atoms with Crippen LogP contribution < -0.4 is 18.9 Å². The molecule has 0 atom stereocenters. The second-order valence-corrected chi connectivity index (χ2v) is 24.6. The van der Waals surface area contributed by atoms with Crippen molar-refractivity contribution in [3.8, 4) is 23.0 Å². The van der Waals surface area contributed by atoms with Crippen molar-refractivity contribution < 1.29 is 37.9 Å². The van der Waals surface area contributed by atoms with E-state index >= 15 is 0 Å². The van der Waals surface area contributed by atoms with E-state index in [-0.39, 0.29) is 21.7 Å². The second kappa shape index (κ2) is 24.7. The molecule has 10 bridgehead atoms. The van der Waals surface area contributed by atoms with Gasteiger partial charge in [-0.1, -0.05) is 144 Å². The van der Waals surface area contributed by atoms with Gasteiger partial charge in [0.25, 0.3) is 0 Å². The minimum absolute atomic E-state index is 0.192. The fourth-order valence-corrected chi connectivity index (χ4v) is 9.79. The van der Waals surface area contributed by atoms with Crippen molar-refractivity contribution in [1.29, 1.82) is 0 Å². The summed E-state index contributed by atoms with van der Waals surface area (Å²) in [6, 6.07) is 30.9. The van der Waals surface area contributed by atoms with E-state index < -0.39 is 0 Å². The van der Waals surface area contributed by atoms with Crippen molar-refractivity contribution in [3.05, 3.63) is 175 Å². The van der Waals surface area contributed by atoms with Gasteiger partial charge in [0, 0.05) is 38.1 Å². The Kier molecular flexibility index (Phi) is 18.3. The van der Waals surface area contributed by atoms with Crippen LogP contribution in [0.25, 0.3) is 0 Å². The molecule has 3 heterocycles. The number of ether oxygens (including phenoxy) is 8.